The third-order valence-corrected chi connectivity index (χ3v) is 5.54. The molecule has 0 unspecified atom stereocenters. The first-order valence-corrected chi connectivity index (χ1v) is 10.9. The number of rotatable bonds is 6. The number of aliphatic hydroxyl groups excluding tert-OH is 2. The van der Waals surface area contributed by atoms with Gasteiger partial charge in [-0.2, -0.15) is 0 Å². The van der Waals surface area contributed by atoms with E-state index in [1.54, 1.807) is 35.0 Å². The van der Waals surface area contributed by atoms with Crippen molar-refractivity contribution < 1.29 is 43.4 Å². The highest BCUT2D eigenvalue weighted by molar-refractivity contribution is 7.46. The summed E-state index contributed by atoms with van der Waals surface area (Å²) in [5.74, 6) is -0.706. The van der Waals surface area contributed by atoms with Gasteiger partial charge in [-0.05, 0) is 29.7 Å². The second-order valence-corrected chi connectivity index (χ2v) is 8.26. The van der Waals surface area contributed by atoms with Gasteiger partial charge in [-0.15, -0.1) is 0 Å². The van der Waals surface area contributed by atoms with Crippen LogP contribution in [-0.4, -0.2) is 66.5 Å². The molecule has 0 aliphatic carbocycles. The van der Waals surface area contributed by atoms with Crippen molar-refractivity contribution in [1.29, 1.82) is 0 Å². The minimum Gasteiger partial charge on any atom is -0.458 e. The molecular weight excluding hydrogens is 431 g/mol. The lowest BCUT2D eigenvalue weighted by atomic mass is 9.98. The predicted molar refractivity (Wildman–Crippen MR) is 106 cm³/mol. The molecule has 4 rings (SSSR count). The van der Waals surface area contributed by atoms with Gasteiger partial charge in [0.1, 0.15) is 36.7 Å². The molecule has 166 valence electrons. The van der Waals surface area contributed by atoms with Crippen molar-refractivity contribution in [3.63, 3.8) is 0 Å². The van der Waals surface area contributed by atoms with E-state index in [0.29, 0.717) is 5.52 Å². The zero-order valence-electron chi connectivity index (χ0n) is 16.0. The Balaban J connectivity index is 1.61. The molecule has 3 heterocycles. The van der Waals surface area contributed by atoms with Crippen LogP contribution in [0.4, 0.5) is 0 Å². The molecule has 5 N–H and O–H groups in total. The Hall–Kier alpha value is -2.50. The average molecular weight is 452 g/mol. The van der Waals surface area contributed by atoms with Crippen molar-refractivity contribution >= 4 is 24.7 Å². The third-order valence-electron chi connectivity index (χ3n) is 5.02. The summed E-state index contributed by atoms with van der Waals surface area (Å²) < 4.78 is 28.7. The average Bonchev–Trinajstić information content (AvgIpc) is 3.40. The van der Waals surface area contributed by atoms with Crippen molar-refractivity contribution in [1.82, 2.24) is 9.55 Å². The number of hydrogen-bond donors (Lipinski definition) is 5. The van der Waals surface area contributed by atoms with E-state index in [2.05, 4.69) is 9.51 Å². The van der Waals surface area contributed by atoms with Gasteiger partial charge in [0.25, 0.3) is 0 Å². The standard InChI is InChI=1S/C19H21N2O9P/c22-15-14(10-28-19(24)12-5-3-8-20-12)29-18(16(23)17(15)30-31(25,26)27)21-9-7-11-4-1-2-6-13(11)21/h1-9,14-18,20,22-23H,10H2,(H2,25,26,27)/t14-,15-,16-,17+,18-/m1/s1. The lowest BCUT2D eigenvalue weighted by Crippen LogP contribution is -2.57. The maximum atomic E-state index is 12.1. The largest absolute Gasteiger partial charge is 0.470 e. The summed E-state index contributed by atoms with van der Waals surface area (Å²) >= 11 is 0. The van der Waals surface area contributed by atoms with Crippen LogP contribution in [0, 0.1) is 0 Å². The SMILES string of the molecule is O=C(OC[C@H]1O[C@@H](n2ccc3ccccc32)[C@H](O)[C@@H](OP(=O)(O)O)[C@@H]1O)c1ccc[nH]1. The first kappa shape index (κ1) is 21.7. The van der Waals surface area contributed by atoms with Crippen molar-refractivity contribution in [3.8, 4) is 0 Å². The van der Waals surface area contributed by atoms with Gasteiger partial charge in [0, 0.05) is 12.4 Å². The third kappa shape index (κ3) is 4.58. The van der Waals surface area contributed by atoms with E-state index < -0.39 is 51.0 Å². The van der Waals surface area contributed by atoms with Gasteiger partial charge in [-0.3, -0.25) is 4.52 Å². The molecule has 1 aliphatic rings. The number of phosphoric acid groups is 1. The number of carbonyl (C=O) groups is 1. The van der Waals surface area contributed by atoms with Gasteiger partial charge in [-0.25, -0.2) is 9.36 Å². The van der Waals surface area contributed by atoms with Gasteiger partial charge in [-0.1, -0.05) is 18.2 Å². The Morgan fingerprint density at radius 2 is 1.90 bits per heavy atom. The van der Waals surface area contributed by atoms with Crippen molar-refractivity contribution in [2.24, 2.45) is 0 Å². The number of benzene rings is 1. The number of hydrogen-bond acceptors (Lipinski definition) is 7. The van der Waals surface area contributed by atoms with Crippen LogP contribution in [0.2, 0.25) is 0 Å². The predicted octanol–water partition coefficient (Wildman–Crippen LogP) is 0.923. The van der Waals surface area contributed by atoms with Crippen LogP contribution in [-0.2, 0) is 18.6 Å². The van der Waals surface area contributed by atoms with Gasteiger partial charge in [0.15, 0.2) is 6.23 Å². The first-order valence-electron chi connectivity index (χ1n) is 9.36. The van der Waals surface area contributed by atoms with E-state index >= 15 is 0 Å². The van der Waals surface area contributed by atoms with E-state index in [1.807, 2.05) is 12.1 Å². The fourth-order valence-electron chi connectivity index (χ4n) is 3.59. The Morgan fingerprint density at radius 1 is 1.13 bits per heavy atom. The van der Waals surface area contributed by atoms with Gasteiger partial charge < -0.3 is 39.0 Å². The first-order chi connectivity index (χ1) is 14.7. The number of esters is 1. The number of fused-ring (bicyclic) bond motifs is 1. The number of ether oxygens (including phenoxy) is 2. The van der Waals surface area contributed by atoms with Crippen molar-refractivity contribution in [3.05, 3.63) is 60.6 Å². The molecule has 0 saturated carbocycles. The maximum absolute atomic E-state index is 12.1. The molecule has 1 fully saturated rings. The quantitative estimate of drug-likeness (QED) is 0.270. The Bertz CT molecular complexity index is 1090. The molecule has 0 spiro atoms. The van der Waals surface area contributed by atoms with Crippen LogP contribution in [0.5, 0.6) is 0 Å². The number of aromatic amines is 1. The minimum atomic E-state index is -5.06. The maximum Gasteiger partial charge on any atom is 0.470 e. The van der Waals surface area contributed by atoms with Crippen LogP contribution in [0.15, 0.2) is 54.9 Å². The second-order valence-electron chi connectivity index (χ2n) is 7.07. The lowest BCUT2D eigenvalue weighted by Gasteiger charge is -2.42. The molecule has 0 amide bonds. The number of nitrogens with one attached hydrogen (secondary N) is 1. The highest BCUT2D eigenvalue weighted by atomic mass is 31.2. The molecule has 3 aromatic rings. The minimum absolute atomic E-state index is 0.182. The molecule has 1 aromatic carbocycles. The van der Waals surface area contributed by atoms with Gasteiger partial charge in [0.2, 0.25) is 0 Å². The van der Waals surface area contributed by atoms with Crippen LogP contribution in [0.1, 0.15) is 16.7 Å². The fraction of sp³-hybridized carbons (Fsp3) is 0.316. The van der Waals surface area contributed by atoms with E-state index in [0.717, 1.165) is 5.39 Å². The highest BCUT2D eigenvalue weighted by Gasteiger charge is 2.49. The Kier molecular flexibility index (Phi) is 6.00. The Labute approximate surface area is 176 Å². The molecular formula is C19H21N2O9P. The summed E-state index contributed by atoms with van der Waals surface area (Å²) in [6.45, 7) is -0.442. The van der Waals surface area contributed by atoms with Crippen LogP contribution >= 0.6 is 7.82 Å². The molecule has 5 atom stereocenters. The van der Waals surface area contributed by atoms with Crippen LogP contribution < -0.4 is 0 Å². The summed E-state index contributed by atoms with van der Waals surface area (Å²) in [4.78, 5) is 33.3. The molecule has 1 aliphatic heterocycles. The topological polar surface area (TPSA) is 163 Å². The molecule has 1 saturated heterocycles. The number of aromatic nitrogens is 2. The van der Waals surface area contributed by atoms with Gasteiger partial charge in [0.05, 0.1) is 5.52 Å². The summed E-state index contributed by atoms with van der Waals surface area (Å²) in [6, 6.07) is 12.1. The zero-order valence-corrected chi connectivity index (χ0v) is 16.9. The number of H-pyrrole nitrogens is 1. The number of aliphatic hydroxyl groups is 2. The van der Waals surface area contributed by atoms with E-state index in [9.17, 15) is 29.4 Å². The van der Waals surface area contributed by atoms with Crippen molar-refractivity contribution in [2.75, 3.05) is 6.61 Å². The highest BCUT2D eigenvalue weighted by Crippen LogP contribution is 2.43. The van der Waals surface area contributed by atoms with E-state index in [-0.39, 0.29) is 5.69 Å². The molecule has 2 aromatic heterocycles. The number of para-hydroxylation sites is 1. The summed E-state index contributed by atoms with van der Waals surface area (Å²) in [5, 5.41) is 22.2. The van der Waals surface area contributed by atoms with E-state index in [4.69, 9.17) is 9.47 Å². The molecule has 0 bridgehead atoms. The zero-order chi connectivity index (χ0) is 22.2. The van der Waals surface area contributed by atoms with Crippen LogP contribution in [0.3, 0.4) is 0 Å². The molecule has 31 heavy (non-hydrogen) atoms. The molecule has 0 radical (unpaired) electrons. The Morgan fingerprint density at radius 3 is 2.61 bits per heavy atom. The fourth-order valence-corrected chi connectivity index (χ4v) is 4.15. The smallest absolute Gasteiger partial charge is 0.458 e. The second kappa shape index (κ2) is 8.56. The van der Waals surface area contributed by atoms with Gasteiger partial charge >= 0.3 is 13.8 Å². The normalized spacial score (nSPS) is 26.8. The molecule has 11 nitrogen and oxygen atoms in total. The van der Waals surface area contributed by atoms with Crippen molar-refractivity contribution in [2.45, 2.75) is 30.6 Å². The monoisotopic (exact) mass is 452 g/mol. The molecule has 12 heteroatoms. The number of carbonyl (C=O) groups excluding carboxylic acids is 1. The summed E-state index contributed by atoms with van der Waals surface area (Å²) in [5.41, 5.74) is 0.862. The summed E-state index contributed by atoms with van der Waals surface area (Å²) in [6.07, 6.45) is -4.25. The van der Waals surface area contributed by atoms with Crippen LogP contribution in [0.25, 0.3) is 10.9 Å². The number of phosphoric ester groups is 1. The van der Waals surface area contributed by atoms with E-state index in [1.165, 1.54) is 12.3 Å². The summed E-state index contributed by atoms with van der Waals surface area (Å²) in [7, 11) is -5.06. The lowest BCUT2D eigenvalue weighted by molar-refractivity contribution is -0.246. The number of nitrogens with zero attached hydrogens (tertiary/aromatic N) is 1.